The number of para-hydroxylation sites is 1. The zero-order valence-corrected chi connectivity index (χ0v) is 8.97. The molecule has 0 spiro atoms. The highest BCUT2D eigenvalue weighted by Gasteiger charge is 2.13. The zero-order chi connectivity index (χ0) is 12.3. The van der Waals surface area contributed by atoms with E-state index >= 15 is 0 Å². The van der Waals surface area contributed by atoms with Gasteiger partial charge < -0.3 is 20.5 Å². The van der Waals surface area contributed by atoms with Crippen molar-refractivity contribution in [3.05, 3.63) is 47.8 Å². The molecule has 2 aromatic rings. The van der Waals surface area contributed by atoms with Gasteiger partial charge in [0, 0.05) is 18.9 Å². The first-order valence-corrected chi connectivity index (χ1v) is 5.09. The number of aromatic nitrogens is 1. The van der Waals surface area contributed by atoms with Crippen LogP contribution < -0.4 is 5.32 Å². The molecule has 4 N–H and O–H groups in total. The number of nitrogens with one attached hydrogen (secondary N) is 2. The van der Waals surface area contributed by atoms with Gasteiger partial charge in [-0.3, -0.25) is 4.79 Å². The molecule has 0 saturated heterocycles. The monoisotopic (exact) mass is 232 g/mol. The lowest BCUT2D eigenvalue weighted by atomic mass is 10.1. The highest BCUT2D eigenvalue weighted by molar-refractivity contribution is 5.97. The van der Waals surface area contributed by atoms with Crippen LogP contribution in [-0.2, 0) is 6.54 Å². The van der Waals surface area contributed by atoms with Gasteiger partial charge in [0.2, 0.25) is 0 Å². The predicted molar refractivity (Wildman–Crippen MR) is 61.7 cm³/mol. The van der Waals surface area contributed by atoms with E-state index in [1.807, 2.05) is 6.07 Å². The van der Waals surface area contributed by atoms with Gasteiger partial charge in [0.05, 0.1) is 5.56 Å². The molecular weight excluding hydrogens is 220 g/mol. The molecule has 5 heteroatoms. The van der Waals surface area contributed by atoms with Gasteiger partial charge >= 0.3 is 0 Å². The van der Waals surface area contributed by atoms with E-state index in [2.05, 4.69) is 10.3 Å². The van der Waals surface area contributed by atoms with E-state index in [0.29, 0.717) is 6.54 Å². The van der Waals surface area contributed by atoms with Gasteiger partial charge in [-0.05, 0) is 23.8 Å². The minimum absolute atomic E-state index is 0.0561. The molecule has 1 heterocycles. The van der Waals surface area contributed by atoms with Crippen LogP contribution in [0.4, 0.5) is 0 Å². The van der Waals surface area contributed by atoms with Gasteiger partial charge in [0.15, 0.2) is 11.5 Å². The number of H-pyrrole nitrogens is 1. The van der Waals surface area contributed by atoms with Crippen molar-refractivity contribution in [3.63, 3.8) is 0 Å². The third-order valence-electron chi connectivity index (χ3n) is 2.37. The molecule has 0 saturated carbocycles. The first-order chi connectivity index (χ1) is 8.18. The molecule has 1 amide bonds. The smallest absolute Gasteiger partial charge is 0.255 e. The standard InChI is InChI=1S/C12H12N2O3/c15-10-3-1-2-9(11(10)16)12(17)14-7-8-4-5-13-6-8/h1-6,13,15-16H,7H2,(H,14,17). The fraction of sp³-hybridized carbons (Fsp3) is 0.0833. The number of amides is 1. The number of aromatic amines is 1. The fourth-order valence-corrected chi connectivity index (χ4v) is 1.46. The normalized spacial score (nSPS) is 10.1. The molecule has 0 radical (unpaired) electrons. The number of carbonyl (C=O) groups is 1. The first-order valence-electron chi connectivity index (χ1n) is 5.09. The largest absolute Gasteiger partial charge is 0.504 e. The third-order valence-corrected chi connectivity index (χ3v) is 2.37. The van der Waals surface area contributed by atoms with Gasteiger partial charge in [-0.25, -0.2) is 0 Å². The number of hydrogen-bond donors (Lipinski definition) is 4. The Labute approximate surface area is 97.7 Å². The van der Waals surface area contributed by atoms with Crippen LogP contribution in [0, 0.1) is 0 Å². The summed E-state index contributed by atoms with van der Waals surface area (Å²) < 4.78 is 0. The molecule has 0 aliphatic carbocycles. The van der Waals surface area contributed by atoms with E-state index in [0.717, 1.165) is 5.56 Å². The van der Waals surface area contributed by atoms with Crippen molar-refractivity contribution in [2.75, 3.05) is 0 Å². The molecule has 0 atom stereocenters. The summed E-state index contributed by atoms with van der Waals surface area (Å²) in [4.78, 5) is 14.6. The molecule has 0 aliphatic rings. The van der Waals surface area contributed by atoms with Gasteiger partial charge in [-0.1, -0.05) is 6.07 Å². The van der Waals surface area contributed by atoms with E-state index in [1.54, 1.807) is 12.4 Å². The maximum Gasteiger partial charge on any atom is 0.255 e. The second-order valence-corrected chi connectivity index (χ2v) is 3.58. The Morgan fingerprint density at radius 2 is 2.12 bits per heavy atom. The Morgan fingerprint density at radius 1 is 1.29 bits per heavy atom. The Balaban J connectivity index is 2.07. The lowest BCUT2D eigenvalue weighted by Gasteiger charge is -2.06. The van der Waals surface area contributed by atoms with Crippen molar-refractivity contribution in [1.29, 1.82) is 0 Å². The molecular formula is C12H12N2O3. The van der Waals surface area contributed by atoms with Crippen molar-refractivity contribution < 1.29 is 15.0 Å². The van der Waals surface area contributed by atoms with Crippen LogP contribution in [0.2, 0.25) is 0 Å². The zero-order valence-electron chi connectivity index (χ0n) is 8.97. The van der Waals surface area contributed by atoms with Crippen molar-refractivity contribution in [3.8, 4) is 11.5 Å². The molecule has 0 aliphatic heterocycles. The van der Waals surface area contributed by atoms with E-state index in [1.165, 1.54) is 18.2 Å². The minimum atomic E-state index is -0.431. The molecule has 0 bridgehead atoms. The molecule has 0 unspecified atom stereocenters. The van der Waals surface area contributed by atoms with Crippen LogP contribution in [0.15, 0.2) is 36.7 Å². The number of carbonyl (C=O) groups excluding carboxylic acids is 1. The number of aromatic hydroxyl groups is 2. The number of rotatable bonds is 3. The molecule has 5 nitrogen and oxygen atoms in total. The summed E-state index contributed by atoms with van der Waals surface area (Å²) in [7, 11) is 0. The number of benzene rings is 1. The molecule has 1 aromatic heterocycles. The number of hydrogen-bond acceptors (Lipinski definition) is 3. The predicted octanol–water partition coefficient (Wildman–Crippen LogP) is 1.36. The number of phenolic OH excluding ortho intramolecular Hbond substituents is 2. The van der Waals surface area contributed by atoms with Crippen molar-refractivity contribution in [2.24, 2.45) is 0 Å². The summed E-state index contributed by atoms with van der Waals surface area (Å²) >= 11 is 0. The average Bonchev–Trinajstić information content (AvgIpc) is 2.82. The average molecular weight is 232 g/mol. The van der Waals surface area contributed by atoms with E-state index in [-0.39, 0.29) is 11.3 Å². The van der Waals surface area contributed by atoms with Gasteiger partial charge in [0.1, 0.15) is 0 Å². The molecule has 1 aromatic carbocycles. The molecule has 88 valence electrons. The van der Waals surface area contributed by atoms with Crippen molar-refractivity contribution in [2.45, 2.75) is 6.54 Å². The maximum atomic E-state index is 11.7. The second-order valence-electron chi connectivity index (χ2n) is 3.58. The van der Waals surface area contributed by atoms with Crippen LogP contribution in [0.25, 0.3) is 0 Å². The minimum Gasteiger partial charge on any atom is -0.504 e. The second kappa shape index (κ2) is 4.61. The summed E-state index contributed by atoms with van der Waals surface area (Å²) in [5, 5.41) is 21.4. The highest BCUT2D eigenvalue weighted by Crippen LogP contribution is 2.27. The van der Waals surface area contributed by atoms with Crippen LogP contribution in [0.5, 0.6) is 11.5 Å². The lowest BCUT2D eigenvalue weighted by molar-refractivity contribution is 0.0947. The van der Waals surface area contributed by atoms with E-state index in [9.17, 15) is 15.0 Å². The van der Waals surface area contributed by atoms with Crippen LogP contribution in [0.1, 0.15) is 15.9 Å². The highest BCUT2D eigenvalue weighted by atomic mass is 16.3. The maximum absolute atomic E-state index is 11.7. The summed E-state index contributed by atoms with van der Waals surface area (Å²) in [6, 6.07) is 6.10. The van der Waals surface area contributed by atoms with E-state index in [4.69, 9.17) is 0 Å². The summed E-state index contributed by atoms with van der Waals surface area (Å²) in [6.45, 7) is 0.359. The molecule has 0 fully saturated rings. The summed E-state index contributed by atoms with van der Waals surface area (Å²) in [5.74, 6) is -1.14. The van der Waals surface area contributed by atoms with Gasteiger partial charge in [-0.15, -0.1) is 0 Å². The van der Waals surface area contributed by atoms with Gasteiger partial charge in [-0.2, -0.15) is 0 Å². The molecule has 2 rings (SSSR count). The van der Waals surface area contributed by atoms with Crippen molar-refractivity contribution in [1.82, 2.24) is 10.3 Å². The quantitative estimate of drug-likeness (QED) is 0.603. The Morgan fingerprint density at radius 3 is 2.82 bits per heavy atom. The molecule has 17 heavy (non-hydrogen) atoms. The fourth-order valence-electron chi connectivity index (χ4n) is 1.46. The first kappa shape index (κ1) is 11.1. The van der Waals surface area contributed by atoms with Crippen molar-refractivity contribution >= 4 is 5.91 Å². The van der Waals surface area contributed by atoms with Crippen LogP contribution in [-0.4, -0.2) is 21.1 Å². The summed E-state index contributed by atoms with van der Waals surface area (Å²) in [5.41, 5.74) is 0.985. The third kappa shape index (κ3) is 2.39. The summed E-state index contributed by atoms with van der Waals surface area (Å²) in [6.07, 6.45) is 3.52. The van der Waals surface area contributed by atoms with Gasteiger partial charge in [0.25, 0.3) is 5.91 Å². The Kier molecular flexibility index (Phi) is 3.00. The topological polar surface area (TPSA) is 85.4 Å². The van der Waals surface area contributed by atoms with E-state index < -0.39 is 11.7 Å². The lowest BCUT2D eigenvalue weighted by Crippen LogP contribution is -2.22. The Bertz CT molecular complexity index is 521. The van der Waals surface area contributed by atoms with Crippen LogP contribution >= 0.6 is 0 Å². The Hall–Kier alpha value is -2.43. The number of phenols is 2. The SMILES string of the molecule is O=C(NCc1cc[nH]c1)c1cccc(O)c1O. The van der Waals surface area contributed by atoms with Crippen LogP contribution in [0.3, 0.4) is 0 Å².